The van der Waals surface area contributed by atoms with E-state index < -0.39 is 59.7 Å². The summed E-state index contributed by atoms with van der Waals surface area (Å²) in [6.07, 6.45) is 1.83. The lowest BCUT2D eigenvalue weighted by Gasteiger charge is -2.29. The number of amides is 5. The number of nitrogens with one attached hydrogen (secondary N) is 5. The van der Waals surface area contributed by atoms with Crippen molar-refractivity contribution in [1.29, 1.82) is 0 Å². The minimum atomic E-state index is -0.997. The minimum Gasteiger partial charge on any atom is -0.343 e. The molecule has 1 aliphatic rings. The SMILES string of the molecule is CCC(C)C1NC(=O)C(CC(C)C)NC(=O)C(CC(C)C)NC(=O)C(CC(C)C)NC(=O)C(Cc2ccccc2)NC1=O. The number of hydrogen-bond acceptors (Lipinski definition) is 5. The average molecular weight is 600 g/mol. The summed E-state index contributed by atoms with van der Waals surface area (Å²) in [6, 6.07) is 4.64. The highest BCUT2D eigenvalue weighted by Crippen LogP contribution is 2.15. The van der Waals surface area contributed by atoms with Crippen LogP contribution in [0.15, 0.2) is 30.3 Å². The lowest BCUT2D eigenvalue weighted by molar-refractivity contribution is -0.135. The number of carbonyl (C=O) groups is 5. The summed E-state index contributed by atoms with van der Waals surface area (Å²) in [4.78, 5) is 68.4. The summed E-state index contributed by atoms with van der Waals surface area (Å²) in [7, 11) is 0. The molecule has 1 aromatic carbocycles. The van der Waals surface area contributed by atoms with E-state index in [0.29, 0.717) is 25.7 Å². The van der Waals surface area contributed by atoms with E-state index in [1.165, 1.54) is 0 Å². The van der Waals surface area contributed by atoms with Crippen LogP contribution in [0.1, 0.15) is 86.6 Å². The molecule has 240 valence electrons. The first-order chi connectivity index (χ1) is 20.2. The van der Waals surface area contributed by atoms with Gasteiger partial charge in [-0.3, -0.25) is 24.0 Å². The highest BCUT2D eigenvalue weighted by atomic mass is 16.2. The Kier molecular flexibility index (Phi) is 14.1. The molecule has 6 atom stereocenters. The van der Waals surface area contributed by atoms with Gasteiger partial charge in [0.25, 0.3) is 0 Å². The number of rotatable bonds is 10. The fourth-order valence-corrected chi connectivity index (χ4v) is 5.20. The normalized spacial score (nSPS) is 25.3. The Labute approximate surface area is 257 Å². The van der Waals surface area contributed by atoms with Crippen LogP contribution in [0.25, 0.3) is 0 Å². The van der Waals surface area contributed by atoms with Crippen LogP contribution in [-0.2, 0) is 30.4 Å². The monoisotopic (exact) mass is 599 g/mol. The predicted octanol–water partition coefficient (Wildman–Crippen LogP) is 2.85. The summed E-state index contributed by atoms with van der Waals surface area (Å²) in [5, 5.41) is 14.3. The molecule has 0 aromatic heterocycles. The summed E-state index contributed by atoms with van der Waals surface area (Å²) in [6.45, 7) is 15.5. The van der Waals surface area contributed by atoms with Gasteiger partial charge < -0.3 is 26.6 Å². The highest BCUT2D eigenvalue weighted by Gasteiger charge is 2.36. The smallest absolute Gasteiger partial charge is 0.243 e. The number of benzene rings is 1. The van der Waals surface area contributed by atoms with Crippen molar-refractivity contribution in [3.8, 4) is 0 Å². The molecule has 1 fully saturated rings. The Morgan fingerprint density at radius 3 is 1.30 bits per heavy atom. The van der Waals surface area contributed by atoms with Gasteiger partial charge in [0.1, 0.15) is 30.2 Å². The maximum atomic E-state index is 13.8. The lowest BCUT2D eigenvalue weighted by Crippen LogP contribution is -2.59. The van der Waals surface area contributed by atoms with Crippen molar-refractivity contribution in [3.05, 3.63) is 35.9 Å². The van der Waals surface area contributed by atoms with Crippen LogP contribution in [0, 0.1) is 23.7 Å². The van der Waals surface area contributed by atoms with Gasteiger partial charge in [0, 0.05) is 6.42 Å². The lowest BCUT2D eigenvalue weighted by atomic mass is 9.95. The van der Waals surface area contributed by atoms with Crippen molar-refractivity contribution < 1.29 is 24.0 Å². The van der Waals surface area contributed by atoms with Gasteiger partial charge in [-0.1, -0.05) is 92.1 Å². The van der Waals surface area contributed by atoms with Crippen LogP contribution in [0.5, 0.6) is 0 Å². The standard InChI is InChI=1S/C33H53N5O5/c1-9-22(8)28-33(43)37-27(18-23-13-11-10-12-14-23)31(41)35-25(16-20(4)5)29(39)34-24(15-19(2)3)30(40)36-26(17-21(6)7)32(42)38-28/h10-14,19-22,24-28H,9,15-18H2,1-8H3,(H,34,39)(H,35,41)(H,36,40)(H,37,43)(H,38,42). The van der Waals surface area contributed by atoms with Crippen LogP contribution in [0.2, 0.25) is 0 Å². The topological polar surface area (TPSA) is 146 Å². The Morgan fingerprint density at radius 1 is 0.535 bits per heavy atom. The molecule has 10 heteroatoms. The van der Waals surface area contributed by atoms with Gasteiger partial charge in [0.15, 0.2) is 0 Å². The summed E-state index contributed by atoms with van der Waals surface area (Å²) < 4.78 is 0. The molecule has 1 saturated heterocycles. The van der Waals surface area contributed by atoms with Gasteiger partial charge in [-0.25, -0.2) is 0 Å². The molecule has 5 amide bonds. The van der Waals surface area contributed by atoms with E-state index in [-0.39, 0.29) is 30.1 Å². The van der Waals surface area contributed by atoms with Gasteiger partial charge in [0.05, 0.1) is 0 Å². The van der Waals surface area contributed by atoms with Gasteiger partial charge in [-0.2, -0.15) is 0 Å². The second kappa shape index (κ2) is 17.0. The molecule has 1 aliphatic heterocycles. The Hall–Kier alpha value is -3.43. The minimum absolute atomic E-state index is 0.0599. The van der Waals surface area contributed by atoms with E-state index in [1.54, 1.807) is 0 Å². The maximum absolute atomic E-state index is 13.8. The van der Waals surface area contributed by atoms with Crippen molar-refractivity contribution in [3.63, 3.8) is 0 Å². The summed E-state index contributed by atoms with van der Waals surface area (Å²) in [5.41, 5.74) is 0.832. The van der Waals surface area contributed by atoms with E-state index in [0.717, 1.165) is 5.56 Å². The van der Waals surface area contributed by atoms with E-state index in [4.69, 9.17) is 0 Å². The molecule has 0 radical (unpaired) electrons. The number of carbonyl (C=O) groups excluding carboxylic acids is 5. The molecule has 2 rings (SSSR count). The molecule has 5 N–H and O–H groups in total. The number of hydrogen-bond donors (Lipinski definition) is 5. The molecule has 0 bridgehead atoms. The van der Waals surface area contributed by atoms with Gasteiger partial charge >= 0.3 is 0 Å². The predicted molar refractivity (Wildman–Crippen MR) is 168 cm³/mol. The molecule has 1 heterocycles. The second-order valence-corrected chi connectivity index (χ2v) is 13.2. The second-order valence-electron chi connectivity index (χ2n) is 13.2. The van der Waals surface area contributed by atoms with Gasteiger partial charge in [-0.15, -0.1) is 0 Å². The van der Waals surface area contributed by atoms with Crippen molar-refractivity contribution in [2.24, 2.45) is 23.7 Å². The summed E-state index contributed by atoms with van der Waals surface area (Å²) in [5.74, 6) is -2.49. The zero-order chi connectivity index (χ0) is 32.3. The molecule has 10 nitrogen and oxygen atoms in total. The zero-order valence-corrected chi connectivity index (χ0v) is 27.2. The first kappa shape index (κ1) is 35.8. The molecule has 1 aromatic rings. The quantitative estimate of drug-likeness (QED) is 0.281. The zero-order valence-electron chi connectivity index (χ0n) is 27.2. The Morgan fingerprint density at radius 2 is 0.907 bits per heavy atom. The average Bonchev–Trinajstić information content (AvgIpc) is 2.93. The molecule has 0 aliphatic carbocycles. The van der Waals surface area contributed by atoms with E-state index >= 15 is 0 Å². The van der Waals surface area contributed by atoms with Crippen LogP contribution < -0.4 is 26.6 Å². The first-order valence-corrected chi connectivity index (χ1v) is 15.8. The van der Waals surface area contributed by atoms with E-state index in [1.807, 2.05) is 85.7 Å². The maximum Gasteiger partial charge on any atom is 0.243 e. The fourth-order valence-electron chi connectivity index (χ4n) is 5.20. The van der Waals surface area contributed by atoms with Crippen molar-refractivity contribution in [1.82, 2.24) is 26.6 Å². The Bertz CT molecular complexity index is 1090. The van der Waals surface area contributed by atoms with Crippen LogP contribution in [0.4, 0.5) is 0 Å². The molecular formula is C33H53N5O5. The third kappa shape index (κ3) is 11.6. The van der Waals surface area contributed by atoms with Crippen molar-refractivity contribution in [2.75, 3.05) is 0 Å². The first-order valence-electron chi connectivity index (χ1n) is 15.8. The van der Waals surface area contributed by atoms with Crippen LogP contribution in [-0.4, -0.2) is 59.7 Å². The van der Waals surface area contributed by atoms with Crippen molar-refractivity contribution >= 4 is 29.5 Å². The molecule has 0 spiro atoms. The summed E-state index contributed by atoms with van der Waals surface area (Å²) >= 11 is 0. The molecule has 0 saturated carbocycles. The Balaban J connectivity index is 2.61. The molecule has 6 unspecified atom stereocenters. The molecule has 43 heavy (non-hydrogen) atoms. The van der Waals surface area contributed by atoms with Gasteiger partial charge in [0.2, 0.25) is 29.5 Å². The highest BCUT2D eigenvalue weighted by molar-refractivity contribution is 5.98. The van der Waals surface area contributed by atoms with Gasteiger partial charge in [-0.05, 0) is 48.5 Å². The van der Waals surface area contributed by atoms with Crippen LogP contribution >= 0.6 is 0 Å². The van der Waals surface area contributed by atoms with Crippen molar-refractivity contribution in [2.45, 2.75) is 118 Å². The third-order valence-electron chi connectivity index (χ3n) is 7.73. The molecular weight excluding hydrogens is 546 g/mol. The third-order valence-corrected chi connectivity index (χ3v) is 7.73. The largest absolute Gasteiger partial charge is 0.343 e. The van der Waals surface area contributed by atoms with Crippen LogP contribution in [0.3, 0.4) is 0 Å². The van der Waals surface area contributed by atoms with E-state index in [2.05, 4.69) is 26.6 Å². The van der Waals surface area contributed by atoms with E-state index in [9.17, 15) is 24.0 Å². The fraction of sp³-hybridized carbons (Fsp3) is 0.667.